The zero-order valence-electron chi connectivity index (χ0n) is 18.0. The first kappa shape index (κ1) is 20.3. The van der Waals surface area contributed by atoms with Crippen molar-refractivity contribution in [3.05, 3.63) is 89.2 Å². The van der Waals surface area contributed by atoms with E-state index in [-0.39, 0.29) is 11.9 Å². The summed E-state index contributed by atoms with van der Waals surface area (Å²) in [5, 5.41) is 0. The molecular formula is C26H29N3O. The van der Waals surface area contributed by atoms with Gasteiger partial charge in [0, 0.05) is 31.4 Å². The van der Waals surface area contributed by atoms with Gasteiger partial charge in [-0.1, -0.05) is 54.6 Å². The molecule has 1 aliphatic rings. The van der Waals surface area contributed by atoms with Crippen molar-refractivity contribution in [2.45, 2.75) is 31.8 Å². The number of pyridine rings is 1. The molecule has 4 heteroatoms. The van der Waals surface area contributed by atoms with E-state index in [9.17, 15) is 4.79 Å². The van der Waals surface area contributed by atoms with Crippen molar-refractivity contribution < 1.29 is 4.79 Å². The molecule has 0 unspecified atom stereocenters. The fourth-order valence-corrected chi connectivity index (χ4v) is 4.25. The molecular weight excluding hydrogens is 370 g/mol. The van der Waals surface area contributed by atoms with Crippen molar-refractivity contribution in [2.75, 3.05) is 21.1 Å². The van der Waals surface area contributed by atoms with Crippen LogP contribution < -0.4 is 0 Å². The van der Waals surface area contributed by atoms with Crippen LogP contribution in [0.4, 0.5) is 0 Å². The van der Waals surface area contributed by atoms with Gasteiger partial charge in [-0.25, -0.2) is 0 Å². The number of carbonyl (C=O) groups is 1. The van der Waals surface area contributed by atoms with E-state index in [1.54, 1.807) is 6.20 Å². The molecule has 0 spiro atoms. The van der Waals surface area contributed by atoms with Gasteiger partial charge in [0.2, 0.25) is 0 Å². The fourth-order valence-electron chi connectivity index (χ4n) is 4.25. The molecule has 30 heavy (non-hydrogen) atoms. The minimum atomic E-state index is -0.00714. The standard InChI is InChI=1S/C26H29N3O/c1-28(2)18-19-9-10-22-16-24(13-11-21(22)15-19)29(3)26(30)25-14-12-23(17-27-25)20-7-5-4-6-8-20/h4-10,12,14-15,17,24H,11,13,16,18H2,1-3H3/t24-/m0/s1. The highest BCUT2D eigenvalue weighted by molar-refractivity contribution is 5.92. The molecule has 3 aromatic rings. The lowest BCUT2D eigenvalue weighted by molar-refractivity contribution is 0.0713. The molecule has 1 aromatic heterocycles. The second-order valence-corrected chi connectivity index (χ2v) is 8.45. The van der Waals surface area contributed by atoms with Crippen LogP contribution in [0.2, 0.25) is 0 Å². The third-order valence-electron chi connectivity index (χ3n) is 5.93. The average molecular weight is 400 g/mol. The molecule has 0 fully saturated rings. The summed E-state index contributed by atoms with van der Waals surface area (Å²) in [6.07, 6.45) is 4.70. The highest BCUT2D eigenvalue weighted by atomic mass is 16.2. The maximum Gasteiger partial charge on any atom is 0.272 e. The predicted octanol–water partition coefficient (Wildman–Crippen LogP) is 4.44. The number of nitrogens with zero attached hydrogens (tertiary/aromatic N) is 3. The van der Waals surface area contributed by atoms with E-state index >= 15 is 0 Å². The first-order chi connectivity index (χ1) is 14.5. The minimum Gasteiger partial charge on any atom is -0.337 e. The topological polar surface area (TPSA) is 36.4 Å². The van der Waals surface area contributed by atoms with Gasteiger partial charge in [0.25, 0.3) is 5.91 Å². The molecule has 1 aliphatic carbocycles. The Kier molecular flexibility index (Phi) is 5.96. The van der Waals surface area contributed by atoms with Crippen molar-refractivity contribution >= 4 is 5.91 Å². The van der Waals surface area contributed by atoms with Crippen molar-refractivity contribution in [2.24, 2.45) is 0 Å². The zero-order valence-corrected chi connectivity index (χ0v) is 18.0. The van der Waals surface area contributed by atoms with Crippen molar-refractivity contribution in [1.82, 2.24) is 14.8 Å². The van der Waals surface area contributed by atoms with E-state index in [0.29, 0.717) is 5.69 Å². The van der Waals surface area contributed by atoms with E-state index in [2.05, 4.69) is 42.2 Å². The number of carbonyl (C=O) groups excluding carboxylic acids is 1. The van der Waals surface area contributed by atoms with Crippen LogP contribution in [0, 0.1) is 0 Å². The Balaban J connectivity index is 1.44. The normalized spacial score (nSPS) is 15.7. The van der Waals surface area contributed by atoms with Gasteiger partial charge in [-0.15, -0.1) is 0 Å². The van der Waals surface area contributed by atoms with Crippen LogP contribution in [-0.2, 0) is 19.4 Å². The van der Waals surface area contributed by atoms with Gasteiger partial charge < -0.3 is 9.80 Å². The van der Waals surface area contributed by atoms with Crippen LogP contribution in [0.1, 0.15) is 33.6 Å². The number of aromatic nitrogens is 1. The summed E-state index contributed by atoms with van der Waals surface area (Å²) < 4.78 is 0. The Hall–Kier alpha value is -2.98. The Morgan fingerprint density at radius 3 is 2.47 bits per heavy atom. The number of benzene rings is 2. The largest absolute Gasteiger partial charge is 0.337 e. The number of fused-ring (bicyclic) bond motifs is 1. The molecule has 4 rings (SSSR count). The van der Waals surface area contributed by atoms with Gasteiger partial charge in [0.1, 0.15) is 5.69 Å². The van der Waals surface area contributed by atoms with Crippen molar-refractivity contribution in [3.63, 3.8) is 0 Å². The minimum absolute atomic E-state index is 0.00714. The molecule has 0 saturated heterocycles. The second kappa shape index (κ2) is 8.80. The summed E-state index contributed by atoms with van der Waals surface area (Å²) in [6, 6.07) is 20.9. The number of aryl methyl sites for hydroxylation is 1. The molecule has 4 nitrogen and oxygen atoms in total. The van der Waals surface area contributed by atoms with Gasteiger partial charge >= 0.3 is 0 Å². The van der Waals surface area contributed by atoms with Gasteiger partial charge in [-0.3, -0.25) is 9.78 Å². The fraction of sp³-hybridized carbons (Fsp3) is 0.308. The van der Waals surface area contributed by atoms with Crippen LogP contribution in [0.25, 0.3) is 11.1 Å². The maximum absolute atomic E-state index is 13.0. The molecule has 1 amide bonds. The molecule has 0 N–H and O–H groups in total. The Bertz CT molecular complexity index is 1010. The summed E-state index contributed by atoms with van der Waals surface area (Å²) in [5.41, 5.74) is 6.77. The highest BCUT2D eigenvalue weighted by Crippen LogP contribution is 2.26. The smallest absolute Gasteiger partial charge is 0.272 e. The summed E-state index contributed by atoms with van der Waals surface area (Å²) in [6.45, 7) is 0.958. The van der Waals surface area contributed by atoms with E-state index in [0.717, 1.165) is 36.9 Å². The first-order valence-electron chi connectivity index (χ1n) is 10.6. The number of likely N-dealkylation sites (N-methyl/N-ethyl adjacent to an activating group) is 1. The maximum atomic E-state index is 13.0. The second-order valence-electron chi connectivity index (χ2n) is 8.45. The van der Waals surface area contributed by atoms with Crippen molar-refractivity contribution in [3.8, 4) is 11.1 Å². The van der Waals surface area contributed by atoms with E-state index in [4.69, 9.17) is 0 Å². The van der Waals surface area contributed by atoms with E-state index in [1.165, 1.54) is 16.7 Å². The first-order valence-corrected chi connectivity index (χ1v) is 10.6. The van der Waals surface area contributed by atoms with Crippen LogP contribution in [0.15, 0.2) is 66.9 Å². The van der Waals surface area contributed by atoms with Gasteiger partial charge in [-0.05, 0) is 61.7 Å². The summed E-state index contributed by atoms with van der Waals surface area (Å²) in [4.78, 5) is 21.6. The Morgan fingerprint density at radius 2 is 1.77 bits per heavy atom. The summed E-state index contributed by atoms with van der Waals surface area (Å²) in [5.74, 6) is -0.00714. The van der Waals surface area contributed by atoms with Crippen LogP contribution in [0.3, 0.4) is 0 Å². The third kappa shape index (κ3) is 4.44. The number of hydrogen-bond donors (Lipinski definition) is 0. The molecule has 1 heterocycles. The van der Waals surface area contributed by atoms with E-state index in [1.807, 2.05) is 54.4 Å². The lowest BCUT2D eigenvalue weighted by Crippen LogP contribution is -2.41. The summed E-state index contributed by atoms with van der Waals surface area (Å²) >= 11 is 0. The molecule has 0 bridgehead atoms. The highest BCUT2D eigenvalue weighted by Gasteiger charge is 2.26. The van der Waals surface area contributed by atoms with Crippen LogP contribution in [-0.4, -0.2) is 47.9 Å². The van der Waals surface area contributed by atoms with Gasteiger partial charge in [0.05, 0.1) is 0 Å². The zero-order chi connectivity index (χ0) is 21.1. The molecule has 0 saturated carbocycles. The molecule has 1 atom stereocenters. The Labute approximate surface area is 179 Å². The monoisotopic (exact) mass is 399 g/mol. The number of rotatable bonds is 5. The SMILES string of the molecule is CN(C)Cc1ccc2c(c1)CC[C@H](N(C)C(=O)c1ccc(-c3ccccc3)cn1)C2. The number of amides is 1. The van der Waals surface area contributed by atoms with Gasteiger partial charge in [-0.2, -0.15) is 0 Å². The average Bonchev–Trinajstić information content (AvgIpc) is 2.78. The molecule has 154 valence electrons. The van der Waals surface area contributed by atoms with Crippen LogP contribution in [0.5, 0.6) is 0 Å². The lowest BCUT2D eigenvalue weighted by Gasteiger charge is -2.32. The molecule has 2 aromatic carbocycles. The van der Waals surface area contributed by atoms with Gasteiger partial charge in [0.15, 0.2) is 0 Å². The Morgan fingerprint density at radius 1 is 0.967 bits per heavy atom. The lowest BCUT2D eigenvalue weighted by atomic mass is 9.86. The van der Waals surface area contributed by atoms with Crippen LogP contribution >= 0.6 is 0 Å². The summed E-state index contributed by atoms with van der Waals surface area (Å²) in [7, 11) is 6.10. The van der Waals surface area contributed by atoms with Crippen molar-refractivity contribution in [1.29, 1.82) is 0 Å². The molecule has 0 aliphatic heterocycles. The number of hydrogen-bond acceptors (Lipinski definition) is 3. The third-order valence-corrected chi connectivity index (χ3v) is 5.93. The van der Waals surface area contributed by atoms with E-state index < -0.39 is 0 Å². The molecule has 0 radical (unpaired) electrons. The predicted molar refractivity (Wildman–Crippen MR) is 121 cm³/mol. The quantitative estimate of drug-likeness (QED) is 0.636.